The molecule has 5 nitrogen and oxygen atoms in total. The van der Waals surface area contributed by atoms with Crippen LogP contribution in [-0.4, -0.2) is 41.3 Å². The minimum atomic E-state index is -0.995. The number of ether oxygens (including phenoxy) is 2. The Hall–Kier alpha value is -0.910. The lowest BCUT2D eigenvalue weighted by molar-refractivity contribution is -0.180. The van der Waals surface area contributed by atoms with E-state index in [0.29, 0.717) is 19.4 Å². The Bertz CT molecular complexity index is 269. The third-order valence-electron chi connectivity index (χ3n) is 2.79. The molecule has 5 heteroatoms. The summed E-state index contributed by atoms with van der Waals surface area (Å²) >= 11 is 0. The van der Waals surface area contributed by atoms with E-state index in [2.05, 4.69) is 0 Å². The summed E-state index contributed by atoms with van der Waals surface area (Å²) in [6.45, 7) is 2.39. The third kappa shape index (κ3) is 6.74. The van der Waals surface area contributed by atoms with Gasteiger partial charge >= 0.3 is 5.97 Å². The van der Waals surface area contributed by atoms with Gasteiger partial charge in [0, 0.05) is 12.7 Å². The molecule has 0 radical (unpaired) electrons. The monoisotopic (exact) mass is 258 g/mol. The van der Waals surface area contributed by atoms with Crippen LogP contribution in [0.2, 0.25) is 0 Å². The van der Waals surface area contributed by atoms with Crippen molar-refractivity contribution >= 4 is 5.97 Å². The van der Waals surface area contributed by atoms with Crippen molar-refractivity contribution in [1.29, 1.82) is 0 Å². The van der Waals surface area contributed by atoms with E-state index in [4.69, 9.17) is 14.6 Å². The highest BCUT2D eigenvalue weighted by atomic mass is 16.7. The van der Waals surface area contributed by atoms with Crippen molar-refractivity contribution in [2.75, 3.05) is 6.61 Å². The van der Waals surface area contributed by atoms with E-state index >= 15 is 0 Å². The number of aliphatic carboxylic acids is 1. The zero-order valence-electron chi connectivity index (χ0n) is 10.7. The topological polar surface area (TPSA) is 76.0 Å². The maximum atomic E-state index is 10.5. The molecule has 0 aromatic rings. The number of aliphatic hydroxyl groups is 1. The van der Waals surface area contributed by atoms with Gasteiger partial charge in [-0.3, -0.25) is 0 Å². The zero-order valence-corrected chi connectivity index (χ0v) is 10.7. The lowest BCUT2D eigenvalue weighted by Gasteiger charge is -2.26. The van der Waals surface area contributed by atoms with Crippen LogP contribution in [0.4, 0.5) is 0 Å². The number of carboxylic acids is 1. The van der Waals surface area contributed by atoms with Crippen molar-refractivity contribution < 1.29 is 24.5 Å². The first-order valence-corrected chi connectivity index (χ1v) is 6.44. The van der Waals surface area contributed by atoms with E-state index in [1.807, 2.05) is 0 Å². The maximum absolute atomic E-state index is 10.5. The summed E-state index contributed by atoms with van der Waals surface area (Å²) in [5.74, 6) is -0.995. The van der Waals surface area contributed by atoms with Gasteiger partial charge in [0.15, 0.2) is 6.29 Å². The quantitative estimate of drug-likeness (QED) is 0.680. The highest BCUT2D eigenvalue weighted by Gasteiger charge is 2.18. The molecule has 1 fully saturated rings. The zero-order chi connectivity index (χ0) is 13.4. The standard InChI is InChI=1S/C13H22O5/c1-10(14)5-6-11(7-8-12(15)16)18-13-4-2-3-9-17-13/h7-8,10-11,13-14H,2-6,9H2,1H3,(H,15,16)/b8-7+/t10-,11-,13?/m0/s1. The Labute approximate surface area is 107 Å². The van der Waals surface area contributed by atoms with Gasteiger partial charge in [0.2, 0.25) is 0 Å². The van der Waals surface area contributed by atoms with Gasteiger partial charge in [-0.25, -0.2) is 4.79 Å². The second-order valence-electron chi connectivity index (χ2n) is 4.59. The summed E-state index contributed by atoms with van der Waals surface area (Å²) in [5.41, 5.74) is 0. The van der Waals surface area contributed by atoms with Crippen molar-refractivity contribution in [3.8, 4) is 0 Å². The highest BCUT2D eigenvalue weighted by Crippen LogP contribution is 2.18. The molecule has 1 aliphatic heterocycles. The van der Waals surface area contributed by atoms with Gasteiger partial charge in [0.25, 0.3) is 0 Å². The number of carboxylic acid groups (broad SMARTS) is 1. The van der Waals surface area contributed by atoms with Crippen LogP contribution in [0.25, 0.3) is 0 Å². The van der Waals surface area contributed by atoms with Crippen LogP contribution in [0, 0.1) is 0 Å². The minimum Gasteiger partial charge on any atom is -0.478 e. The molecule has 0 saturated carbocycles. The molecule has 0 aliphatic carbocycles. The predicted octanol–water partition coefficient (Wildman–Crippen LogP) is 1.70. The largest absolute Gasteiger partial charge is 0.478 e. The second kappa shape index (κ2) is 8.24. The van der Waals surface area contributed by atoms with Crippen LogP contribution in [-0.2, 0) is 14.3 Å². The van der Waals surface area contributed by atoms with E-state index in [1.165, 1.54) is 6.08 Å². The first-order valence-electron chi connectivity index (χ1n) is 6.44. The lowest BCUT2D eigenvalue weighted by atomic mass is 10.1. The molecule has 3 atom stereocenters. The molecule has 104 valence electrons. The van der Waals surface area contributed by atoms with Crippen molar-refractivity contribution in [3.63, 3.8) is 0 Å². The van der Waals surface area contributed by atoms with Crippen molar-refractivity contribution in [2.24, 2.45) is 0 Å². The van der Waals surface area contributed by atoms with E-state index in [9.17, 15) is 9.90 Å². The molecular weight excluding hydrogens is 236 g/mol. The molecule has 1 aliphatic rings. The number of rotatable bonds is 7. The highest BCUT2D eigenvalue weighted by molar-refractivity contribution is 5.79. The lowest BCUT2D eigenvalue weighted by Crippen LogP contribution is -2.27. The van der Waals surface area contributed by atoms with Crippen LogP contribution in [0.3, 0.4) is 0 Å². The molecule has 0 bridgehead atoms. The van der Waals surface area contributed by atoms with Gasteiger partial charge in [0.05, 0.1) is 12.2 Å². The van der Waals surface area contributed by atoms with Crippen LogP contribution in [0.5, 0.6) is 0 Å². The number of hydrogen-bond acceptors (Lipinski definition) is 4. The normalized spacial score (nSPS) is 24.0. The first-order chi connectivity index (χ1) is 8.58. The summed E-state index contributed by atoms with van der Waals surface area (Å²) < 4.78 is 11.2. The summed E-state index contributed by atoms with van der Waals surface area (Å²) in [6.07, 6.45) is 5.71. The fourth-order valence-electron chi connectivity index (χ4n) is 1.82. The fourth-order valence-corrected chi connectivity index (χ4v) is 1.82. The Balaban J connectivity index is 2.44. The summed E-state index contributed by atoms with van der Waals surface area (Å²) in [4.78, 5) is 10.5. The van der Waals surface area contributed by atoms with Crippen LogP contribution in [0.15, 0.2) is 12.2 Å². The molecule has 1 saturated heterocycles. The van der Waals surface area contributed by atoms with Gasteiger partial charge in [0.1, 0.15) is 0 Å². The Kier molecular flexibility index (Phi) is 6.93. The van der Waals surface area contributed by atoms with Gasteiger partial charge in [-0.1, -0.05) is 0 Å². The van der Waals surface area contributed by atoms with Crippen molar-refractivity contribution in [3.05, 3.63) is 12.2 Å². The fraction of sp³-hybridized carbons (Fsp3) is 0.769. The van der Waals surface area contributed by atoms with Crippen molar-refractivity contribution in [2.45, 2.75) is 57.5 Å². The van der Waals surface area contributed by atoms with Gasteiger partial charge < -0.3 is 19.7 Å². The predicted molar refractivity (Wildman–Crippen MR) is 66.2 cm³/mol. The number of aliphatic hydroxyl groups excluding tert-OH is 1. The average molecular weight is 258 g/mol. The summed E-state index contributed by atoms with van der Waals surface area (Å²) in [5, 5.41) is 17.9. The summed E-state index contributed by atoms with van der Waals surface area (Å²) in [6, 6.07) is 0. The van der Waals surface area contributed by atoms with Gasteiger partial charge in [-0.2, -0.15) is 0 Å². The Morgan fingerprint density at radius 2 is 2.28 bits per heavy atom. The van der Waals surface area contributed by atoms with Crippen LogP contribution < -0.4 is 0 Å². The first kappa shape index (κ1) is 15.1. The molecule has 0 aromatic carbocycles. The van der Waals surface area contributed by atoms with Crippen LogP contribution in [0.1, 0.15) is 39.0 Å². The van der Waals surface area contributed by atoms with E-state index in [1.54, 1.807) is 6.92 Å². The Morgan fingerprint density at radius 3 is 2.83 bits per heavy atom. The van der Waals surface area contributed by atoms with E-state index < -0.39 is 12.1 Å². The second-order valence-corrected chi connectivity index (χ2v) is 4.59. The molecule has 1 unspecified atom stereocenters. The molecular formula is C13H22O5. The smallest absolute Gasteiger partial charge is 0.328 e. The molecule has 0 amide bonds. The summed E-state index contributed by atoms with van der Waals surface area (Å²) in [7, 11) is 0. The number of carbonyl (C=O) groups is 1. The molecule has 1 rings (SSSR count). The van der Waals surface area contributed by atoms with E-state index in [-0.39, 0.29) is 12.4 Å². The molecule has 1 heterocycles. The molecule has 0 spiro atoms. The molecule has 2 N–H and O–H groups in total. The minimum absolute atomic E-state index is 0.254. The Morgan fingerprint density at radius 1 is 1.50 bits per heavy atom. The maximum Gasteiger partial charge on any atom is 0.328 e. The third-order valence-corrected chi connectivity index (χ3v) is 2.79. The number of hydrogen-bond donors (Lipinski definition) is 2. The SMILES string of the molecule is C[C@H](O)CC[C@@H](/C=C/C(=O)O)OC1CCCCO1. The molecule has 0 aromatic heterocycles. The van der Waals surface area contributed by atoms with Crippen molar-refractivity contribution in [1.82, 2.24) is 0 Å². The van der Waals surface area contributed by atoms with Crippen LogP contribution >= 0.6 is 0 Å². The van der Waals surface area contributed by atoms with E-state index in [0.717, 1.165) is 25.3 Å². The van der Waals surface area contributed by atoms with Gasteiger partial charge in [-0.15, -0.1) is 0 Å². The molecule has 18 heavy (non-hydrogen) atoms. The van der Waals surface area contributed by atoms with Gasteiger partial charge in [-0.05, 0) is 45.1 Å². The average Bonchev–Trinajstić information content (AvgIpc) is 2.33.